The number of hydrogen-bond acceptors (Lipinski definition) is 1. The number of alkyl halides is 2. The average Bonchev–Trinajstić information content (AvgIpc) is 2.06. The average molecular weight is 176 g/mol. The molecular weight excluding hydrogens is 162 g/mol. The van der Waals surface area contributed by atoms with Gasteiger partial charge in [-0.25, -0.2) is 8.78 Å². The van der Waals surface area contributed by atoms with Crippen molar-refractivity contribution in [3.63, 3.8) is 0 Å². The van der Waals surface area contributed by atoms with Crippen LogP contribution in [0.4, 0.5) is 8.78 Å². The summed E-state index contributed by atoms with van der Waals surface area (Å²) >= 11 is 0. The first-order valence-electron chi connectivity index (χ1n) is 4.30. The number of halogens is 2. The SMILES string of the molecule is OCCC(F)(F)C1CC=CCC1. The fraction of sp³-hybridized carbons (Fsp3) is 0.778. The van der Waals surface area contributed by atoms with Crippen molar-refractivity contribution < 1.29 is 13.9 Å². The summed E-state index contributed by atoms with van der Waals surface area (Å²) in [4.78, 5) is 0. The van der Waals surface area contributed by atoms with Crippen LogP contribution < -0.4 is 0 Å². The van der Waals surface area contributed by atoms with Crippen LogP contribution in [0.15, 0.2) is 12.2 Å². The zero-order chi connectivity index (χ0) is 9.03. The van der Waals surface area contributed by atoms with Crippen molar-refractivity contribution in [1.29, 1.82) is 0 Å². The van der Waals surface area contributed by atoms with Crippen LogP contribution in [0.2, 0.25) is 0 Å². The largest absolute Gasteiger partial charge is 0.396 e. The molecular formula is C9H14F2O. The molecule has 1 N–H and O–H groups in total. The molecule has 0 amide bonds. The lowest BCUT2D eigenvalue weighted by Gasteiger charge is -2.27. The zero-order valence-corrected chi connectivity index (χ0v) is 6.97. The van der Waals surface area contributed by atoms with E-state index < -0.39 is 24.9 Å². The van der Waals surface area contributed by atoms with Gasteiger partial charge in [0, 0.05) is 18.9 Å². The maximum absolute atomic E-state index is 13.1. The van der Waals surface area contributed by atoms with Crippen LogP contribution in [0.5, 0.6) is 0 Å². The third-order valence-electron chi connectivity index (χ3n) is 2.31. The highest BCUT2D eigenvalue weighted by atomic mass is 19.3. The molecule has 0 saturated carbocycles. The zero-order valence-electron chi connectivity index (χ0n) is 6.97. The number of aliphatic hydroxyl groups excluding tert-OH is 1. The fourth-order valence-electron chi connectivity index (χ4n) is 1.53. The van der Waals surface area contributed by atoms with E-state index in [0.29, 0.717) is 12.8 Å². The van der Waals surface area contributed by atoms with Crippen molar-refractivity contribution in [2.75, 3.05) is 6.61 Å². The smallest absolute Gasteiger partial charge is 0.253 e. The van der Waals surface area contributed by atoms with Crippen molar-refractivity contribution in [1.82, 2.24) is 0 Å². The Morgan fingerprint density at radius 1 is 1.42 bits per heavy atom. The minimum Gasteiger partial charge on any atom is -0.396 e. The molecule has 1 atom stereocenters. The van der Waals surface area contributed by atoms with Crippen molar-refractivity contribution in [3.8, 4) is 0 Å². The van der Waals surface area contributed by atoms with Gasteiger partial charge in [0.25, 0.3) is 5.92 Å². The molecule has 0 aliphatic heterocycles. The second kappa shape index (κ2) is 3.99. The van der Waals surface area contributed by atoms with Gasteiger partial charge in [-0.3, -0.25) is 0 Å². The van der Waals surface area contributed by atoms with Crippen LogP contribution in [-0.4, -0.2) is 17.6 Å². The molecule has 1 unspecified atom stereocenters. The molecule has 0 aromatic heterocycles. The molecule has 0 radical (unpaired) electrons. The van der Waals surface area contributed by atoms with E-state index in [1.165, 1.54) is 0 Å². The lowest BCUT2D eigenvalue weighted by Crippen LogP contribution is -2.30. The molecule has 3 heteroatoms. The van der Waals surface area contributed by atoms with E-state index in [2.05, 4.69) is 0 Å². The first-order valence-corrected chi connectivity index (χ1v) is 4.30. The molecule has 1 aliphatic rings. The quantitative estimate of drug-likeness (QED) is 0.654. The summed E-state index contributed by atoms with van der Waals surface area (Å²) in [5, 5.41) is 8.43. The van der Waals surface area contributed by atoms with Crippen molar-refractivity contribution >= 4 is 0 Å². The molecule has 0 aromatic carbocycles. The molecule has 0 bridgehead atoms. The number of aliphatic hydroxyl groups is 1. The number of hydrogen-bond donors (Lipinski definition) is 1. The van der Waals surface area contributed by atoms with Gasteiger partial charge in [-0.2, -0.15) is 0 Å². The summed E-state index contributed by atoms with van der Waals surface area (Å²) < 4.78 is 26.2. The molecule has 0 heterocycles. The Balaban J connectivity index is 2.49. The van der Waals surface area contributed by atoms with E-state index >= 15 is 0 Å². The number of allylic oxidation sites excluding steroid dienone is 2. The molecule has 1 rings (SSSR count). The molecule has 1 nitrogen and oxygen atoms in total. The van der Waals surface area contributed by atoms with E-state index in [0.717, 1.165) is 6.42 Å². The fourth-order valence-corrected chi connectivity index (χ4v) is 1.53. The third-order valence-corrected chi connectivity index (χ3v) is 2.31. The van der Waals surface area contributed by atoms with Crippen LogP contribution in [0, 0.1) is 5.92 Å². The Hall–Kier alpha value is -0.440. The molecule has 12 heavy (non-hydrogen) atoms. The van der Waals surface area contributed by atoms with Crippen LogP contribution in [0.3, 0.4) is 0 Å². The van der Waals surface area contributed by atoms with Crippen LogP contribution in [0.25, 0.3) is 0 Å². The Kier molecular flexibility index (Phi) is 3.20. The minimum absolute atomic E-state index is 0.397. The van der Waals surface area contributed by atoms with Gasteiger partial charge in [0.15, 0.2) is 0 Å². The second-order valence-corrected chi connectivity index (χ2v) is 3.22. The van der Waals surface area contributed by atoms with Crippen molar-refractivity contribution in [2.24, 2.45) is 5.92 Å². The van der Waals surface area contributed by atoms with E-state index in [1.807, 2.05) is 6.08 Å². The predicted octanol–water partition coefficient (Wildman–Crippen LogP) is 2.36. The summed E-state index contributed by atoms with van der Waals surface area (Å²) in [5.41, 5.74) is 0. The highest BCUT2D eigenvalue weighted by Crippen LogP contribution is 2.36. The van der Waals surface area contributed by atoms with Gasteiger partial charge in [-0.15, -0.1) is 0 Å². The highest BCUT2D eigenvalue weighted by Gasteiger charge is 2.37. The molecule has 0 spiro atoms. The second-order valence-electron chi connectivity index (χ2n) is 3.22. The first-order chi connectivity index (χ1) is 5.67. The van der Waals surface area contributed by atoms with Gasteiger partial charge >= 0.3 is 0 Å². The van der Waals surface area contributed by atoms with Gasteiger partial charge in [-0.1, -0.05) is 12.2 Å². The Labute approximate surface area is 71.1 Å². The van der Waals surface area contributed by atoms with E-state index in [9.17, 15) is 8.78 Å². The van der Waals surface area contributed by atoms with E-state index in [4.69, 9.17) is 5.11 Å². The molecule has 0 fully saturated rings. The van der Waals surface area contributed by atoms with Gasteiger partial charge in [0.1, 0.15) is 0 Å². The first kappa shape index (κ1) is 9.65. The summed E-state index contributed by atoms with van der Waals surface area (Å²) in [6.45, 7) is -0.423. The van der Waals surface area contributed by atoms with E-state index in [-0.39, 0.29) is 0 Å². The van der Waals surface area contributed by atoms with Crippen LogP contribution in [-0.2, 0) is 0 Å². The van der Waals surface area contributed by atoms with Gasteiger partial charge < -0.3 is 5.11 Å². The van der Waals surface area contributed by atoms with Crippen LogP contribution in [0.1, 0.15) is 25.7 Å². The van der Waals surface area contributed by atoms with E-state index in [1.54, 1.807) is 6.08 Å². The van der Waals surface area contributed by atoms with Crippen molar-refractivity contribution in [3.05, 3.63) is 12.2 Å². The summed E-state index contributed by atoms with van der Waals surface area (Å²) in [6, 6.07) is 0. The topological polar surface area (TPSA) is 20.2 Å². The maximum atomic E-state index is 13.1. The normalized spacial score (nSPS) is 24.4. The monoisotopic (exact) mass is 176 g/mol. The third kappa shape index (κ3) is 2.27. The lowest BCUT2D eigenvalue weighted by molar-refractivity contribution is -0.0773. The predicted molar refractivity (Wildman–Crippen MR) is 43.1 cm³/mol. The Morgan fingerprint density at radius 3 is 2.67 bits per heavy atom. The van der Waals surface area contributed by atoms with Gasteiger partial charge in [0.2, 0.25) is 0 Å². The maximum Gasteiger partial charge on any atom is 0.253 e. The number of rotatable bonds is 3. The highest BCUT2D eigenvalue weighted by molar-refractivity contribution is 4.94. The molecule has 1 aliphatic carbocycles. The van der Waals surface area contributed by atoms with Gasteiger partial charge in [0.05, 0.1) is 0 Å². The molecule has 70 valence electrons. The summed E-state index contributed by atoms with van der Waals surface area (Å²) in [5.74, 6) is -3.24. The Morgan fingerprint density at radius 2 is 2.17 bits per heavy atom. The Bertz CT molecular complexity index is 166. The van der Waals surface area contributed by atoms with Gasteiger partial charge in [-0.05, 0) is 19.3 Å². The standard InChI is InChI=1S/C9H14F2O/c10-9(11,6-7-12)8-4-2-1-3-5-8/h1-2,8,12H,3-7H2. The molecule has 0 aromatic rings. The van der Waals surface area contributed by atoms with Crippen LogP contribution >= 0.6 is 0 Å². The van der Waals surface area contributed by atoms with Crippen molar-refractivity contribution in [2.45, 2.75) is 31.6 Å². The minimum atomic E-state index is -2.68. The summed E-state index contributed by atoms with van der Waals surface area (Å²) in [6.07, 6.45) is 5.08. The lowest BCUT2D eigenvalue weighted by atomic mass is 9.87. The molecule has 0 saturated heterocycles. The summed E-state index contributed by atoms with van der Waals surface area (Å²) in [7, 11) is 0.